The second-order valence-electron chi connectivity index (χ2n) is 5.22. The standard InChI is InChI=1S/C19H16O2/c1-2-20-18-9-5-7-14-12-16-15-8-4-3-6-13(15)10-11-17(16)21-19(14)18/h3-11H,2,12H2,1H3. The lowest BCUT2D eigenvalue weighted by atomic mass is 9.95. The molecule has 0 amide bonds. The fraction of sp³-hybridized carbons (Fsp3) is 0.158. The van der Waals surface area contributed by atoms with Gasteiger partial charge in [0, 0.05) is 17.5 Å². The van der Waals surface area contributed by atoms with Crippen LogP contribution < -0.4 is 9.47 Å². The summed E-state index contributed by atoms with van der Waals surface area (Å²) in [5, 5.41) is 2.52. The van der Waals surface area contributed by atoms with Gasteiger partial charge in [0.05, 0.1) is 6.61 Å². The maximum atomic E-state index is 6.14. The molecule has 0 bridgehead atoms. The summed E-state index contributed by atoms with van der Waals surface area (Å²) in [6.45, 7) is 2.63. The number of hydrogen-bond acceptors (Lipinski definition) is 2. The van der Waals surface area contributed by atoms with Crippen LogP contribution in [-0.4, -0.2) is 6.61 Å². The van der Waals surface area contributed by atoms with Gasteiger partial charge in [-0.2, -0.15) is 0 Å². The van der Waals surface area contributed by atoms with Gasteiger partial charge in [-0.3, -0.25) is 0 Å². The summed E-state index contributed by atoms with van der Waals surface area (Å²) in [6.07, 6.45) is 0.882. The summed E-state index contributed by atoms with van der Waals surface area (Å²) in [5.74, 6) is 2.63. The maximum absolute atomic E-state index is 6.14. The summed E-state index contributed by atoms with van der Waals surface area (Å²) in [7, 11) is 0. The Morgan fingerprint density at radius 3 is 2.81 bits per heavy atom. The third-order valence-corrected chi connectivity index (χ3v) is 3.94. The van der Waals surface area contributed by atoms with Gasteiger partial charge in [-0.15, -0.1) is 0 Å². The highest BCUT2D eigenvalue weighted by Crippen LogP contribution is 2.44. The number of hydrogen-bond donors (Lipinski definition) is 0. The van der Waals surface area contributed by atoms with E-state index in [1.54, 1.807) is 0 Å². The van der Waals surface area contributed by atoms with E-state index in [0.29, 0.717) is 6.61 Å². The molecule has 0 aliphatic carbocycles. The molecule has 1 aliphatic rings. The van der Waals surface area contributed by atoms with Gasteiger partial charge >= 0.3 is 0 Å². The first-order chi connectivity index (χ1) is 10.4. The molecule has 0 fully saturated rings. The van der Waals surface area contributed by atoms with Gasteiger partial charge in [0.25, 0.3) is 0 Å². The Kier molecular flexibility index (Phi) is 2.81. The van der Waals surface area contributed by atoms with Crippen molar-refractivity contribution in [1.29, 1.82) is 0 Å². The summed E-state index contributed by atoms with van der Waals surface area (Å²) < 4.78 is 11.8. The summed E-state index contributed by atoms with van der Waals surface area (Å²) >= 11 is 0. The van der Waals surface area contributed by atoms with Gasteiger partial charge < -0.3 is 9.47 Å². The summed E-state index contributed by atoms with van der Waals surface area (Å²) in [6, 6.07) is 18.7. The van der Waals surface area contributed by atoms with E-state index in [0.717, 1.165) is 23.7 Å². The Morgan fingerprint density at radius 2 is 1.90 bits per heavy atom. The van der Waals surface area contributed by atoms with Crippen molar-refractivity contribution in [1.82, 2.24) is 0 Å². The topological polar surface area (TPSA) is 18.5 Å². The summed E-state index contributed by atoms with van der Waals surface area (Å²) in [5.41, 5.74) is 2.44. The second kappa shape index (κ2) is 4.81. The molecular weight excluding hydrogens is 260 g/mol. The number of rotatable bonds is 2. The largest absolute Gasteiger partial charge is 0.490 e. The van der Waals surface area contributed by atoms with E-state index in [1.807, 2.05) is 19.1 Å². The Morgan fingerprint density at radius 1 is 1.00 bits per heavy atom. The molecule has 21 heavy (non-hydrogen) atoms. The Hall–Kier alpha value is -2.48. The highest BCUT2D eigenvalue weighted by molar-refractivity contribution is 5.88. The zero-order valence-corrected chi connectivity index (χ0v) is 11.9. The van der Waals surface area contributed by atoms with Crippen LogP contribution in [0.2, 0.25) is 0 Å². The number of fused-ring (bicyclic) bond motifs is 4. The molecule has 0 aromatic heterocycles. The van der Waals surface area contributed by atoms with Crippen LogP contribution in [0, 0.1) is 0 Å². The van der Waals surface area contributed by atoms with E-state index in [-0.39, 0.29) is 0 Å². The minimum absolute atomic E-state index is 0.643. The minimum atomic E-state index is 0.643. The van der Waals surface area contributed by atoms with Crippen LogP contribution in [0.25, 0.3) is 10.8 Å². The first-order valence-corrected chi connectivity index (χ1v) is 7.30. The Balaban J connectivity index is 1.88. The normalized spacial score (nSPS) is 12.4. The predicted molar refractivity (Wildman–Crippen MR) is 84.4 cm³/mol. The van der Waals surface area contributed by atoms with Crippen molar-refractivity contribution in [3.05, 3.63) is 65.7 Å². The van der Waals surface area contributed by atoms with Crippen LogP contribution in [-0.2, 0) is 6.42 Å². The van der Waals surface area contributed by atoms with Crippen molar-refractivity contribution in [3.8, 4) is 17.2 Å². The Bertz CT molecular complexity index is 821. The Labute approximate surface area is 123 Å². The van der Waals surface area contributed by atoms with Gasteiger partial charge in [-0.25, -0.2) is 0 Å². The van der Waals surface area contributed by atoms with Gasteiger partial charge in [0.1, 0.15) is 5.75 Å². The van der Waals surface area contributed by atoms with Crippen LogP contribution in [0.1, 0.15) is 18.1 Å². The molecule has 4 rings (SSSR count). The summed E-state index contributed by atoms with van der Waals surface area (Å²) in [4.78, 5) is 0. The molecule has 0 saturated carbocycles. The van der Waals surface area contributed by atoms with Gasteiger partial charge in [0.2, 0.25) is 0 Å². The smallest absolute Gasteiger partial charge is 0.172 e. The van der Waals surface area contributed by atoms with Crippen molar-refractivity contribution in [3.63, 3.8) is 0 Å². The first kappa shape index (κ1) is 12.3. The molecule has 0 N–H and O–H groups in total. The van der Waals surface area contributed by atoms with Crippen LogP contribution in [0.15, 0.2) is 54.6 Å². The maximum Gasteiger partial charge on any atom is 0.172 e. The molecule has 1 aliphatic heterocycles. The van der Waals surface area contributed by atoms with Crippen LogP contribution in [0.4, 0.5) is 0 Å². The van der Waals surface area contributed by atoms with Gasteiger partial charge in [0.15, 0.2) is 11.5 Å². The lowest BCUT2D eigenvalue weighted by molar-refractivity contribution is 0.318. The third-order valence-electron chi connectivity index (χ3n) is 3.94. The molecule has 0 saturated heterocycles. The van der Waals surface area contributed by atoms with Crippen molar-refractivity contribution in [2.75, 3.05) is 6.61 Å². The molecule has 2 heteroatoms. The molecule has 0 atom stereocenters. The SMILES string of the molecule is CCOc1cccc2c1Oc1ccc3ccccc3c1C2. The first-order valence-electron chi connectivity index (χ1n) is 7.30. The van der Waals surface area contributed by atoms with Crippen molar-refractivity contribution in [2.24, 2.45) is 0 Å². The fourth-order valence-electron chi connectivity index (χ4n) is 2.98. The molecular formula is C19H16O2. The van der Waals surface area contributed by atoms with Gasteiger partial charge in [-0.1, -0.05) is 42.5 Å². The van der Waals surface area contributed by atoms with Crippen LogP contribution in [0.3, 0.4) is 0 Å². The number of ether oxygens (including phenoxy) is 2. The monoisotopic (exact) mass is 276 g/mol. The lowest BCUT2D eigenvalue weighted by Gasteiger charge is -2.23. The molecule has 3 aromatic carbocycles. The predicted octanol–water partition coefficient (Wildman–Crippen LogP) is 4.94. The second-order valence-corrected chi connectivity index (χ2v) is 5.22. The van der Waals surface area contributed by atoms with Gasteiger partial charge in [-0.05, 0) is 29.8 Å². The molecule has 0 spiro atoms. The molecule has 3 aromatic rings. The van der Waals surface area contributed by atoms with Crippen molar-refractivity contribution < 1.29 is 9.47 Å². The molecule has 2 nitrogen and oxygen atoms in total. The average Bonchev–Trinajstić information content (AvgIpc) is 2.54. The van der Waals surface area contributed by atoms with Crippen LogP contribution >= 0.6 is 0 Å². The van der Waals surface area contributed by atoms with E-state index >= 15 is 0 Å². The fourth-order valence-corrected chi connectivity index (χ4v) is 2.98. The van der Waals surface area contributed by atoms with E-state index < -0.39 is 0 Å². The number of para-hydroxylation sites is 1. The molecule has 1 heterocycles. The van der Waals surface area contributed by atoms with Crippen LogP contribution in [0.5, 0.6) is 17.2 Å². The zero-order valence-electron chi connectivity index (χ0n) is 11.9. The van der Waals surface area contributed by atoms with Crippen molar-refractivity contribution >= 4 is 10.8 Å². The molecule has 104 valence electrons. The zero-order chi connectivity index (χ0) is 14.2. The average molecular weight is 276 g/mol. The third kappa shape index (κ3) is 1.95. The van der Waals surface area contributed by atoms with E-state index in [4.69, 9.17) is 9.47 Å². The highest BCUT2D eigenvalue weighted by Gasteiger charge is 2.21. The lowest BCUT2D eigenvalue weighted by Crippen LogP contribution is -2.06. The molecule has 0 unspecified atom stereocenters. The van der Waals surface area contributed by atoms with E-state index in [1.165, 1.54) is 21.9 Å². The quantitative estimate of drug-likeness (QED) is 0.516. The van der Waals surface area contributed by atoms with E-state index in [9.17, 15) is 0 Å². The number of benzene rings is 3. The van der Waals surface area contributed by atoms with Crippen molar-refractivity contribution in [2.45, 2.75) is 13.3 Å². The van der Waals surface area contributed by atoms with E-state index in [2.05, 4.69) is 42.5 Å². The molecule has 0 radical (unpaired) electrons. The minimum Gasteiger partial charge on any atom is -0.490 e. The highest BCUT2D eigenvalue weighted by atomic mass is 16.5.